The van der Waals surface area contributed by atoms with Crippen LogP contribution >= 0.6 is 0 Å². The van der Waals surface area contributed by atoms with E-state index in [2.05, 4.69) is 20.7 Å². The van der Waals surface area contributed by atoms with Gasteiger partial charge >= 0.3 is 0 Å². The summed E-state index contributed by atoms with van der Waals surface area (Å²) in [5.41, 5.74) is 3.72. The quantitative estimate of drug-likeness (QED) is 0.566. The van der Waals surface area contributed by atoms with Gasteiger partial charge in [-0.25, -0.2) is 9.67 Å². The molecule has 1 aliphatic rings. The number of rotatable bonds is 3. The SMILES string of the molecule is Cc1nc2ccccc2n1C1CN(C(=O)c2cccc(-n3cccn3)c2)C1. The lowest BCUT2D eigenvalue weighted by atomic mass is 10.1. The van der Waals surface area contributed by atoms with Crippen LogP contribution in [0.15, 0.2) is 67.0 Å². The highest BCUT2D eigenvalue weighted by molar-refractivity contribution is 5.95. The standard InChI is InChI=1S/C21H19N5O/c1-15-23-19-8-2-3-9-20(19)26(15)18-13-24(14-18)21(27)16-6-4-7-17(12-16)25-11-5-10-22-25/h2-12,18H,13-14H2,1H3. The van der Waals surface area contributed by atoms with Crippen molar-refractivity contribution >= 4 is 16.9 Å². The molecule has 0 aliphatic carbocycles. The minimum Gasteiger partial charge on any atom is -0.334 e. The molecule has 6 heteroatoms. The lowest BCUT2D eigenvalue weighted by Gasteiger charge is -2.40. The molecule has 2 aromatic carbocycles. The van der Waals surface area contributed by atoms with Crippen LogP contribution in [0.4, 0.5) is 0 Å². The lowest BCUT2D eigenvalue weighted by Crippen LogP contribution is -2.50. The third kappa shape index (κ3) is 2.61. The lowest BCUT2D eigenvalue weighted by molar-refractivity contribution is 0.0523. The van der Waals surface area contributed by atoms with E-state index >= 15 is 0 Å². The Morgan fingerprint density at radius 1 is 1.07 bits per heavy atom. The fraction of sp³-hybridized carbons (Fsp3) is 0.190. The van der Waals surface area contributed by atoms with E-state index in [0.29, 0.717) is 18.7 Å². The zero-order valence-corrected chi connectivity index (χ0v) is 15.0. The maximum atomic E-state index is 12.9. The number of carbonyl (C=O) groups is 1. The van der Waals surface area contributed by atoms with Crippen molar-refractivity contribution in [2.45, 2.75) is 13.0 Å². The van der Waals surface area contributed by atoms with E-state index in [0.717, 1.165) is 22.5 Å². The molecule has 0 spiro atoms. The van der Waals surface area contributed by atoms with Crippen LogP contribution in [0.3, 0.4) is 0 Å². The second kappa shape index (κ2) is 6.09. The first-order chi connectivity index (χ1) is 13.2. The van der Waals surface area contributed by atoms with Crippen molar-refractivity contribution in [1.29, 1.82) is 0 Å². The second-order valence-electron chi connectivity index (χ2n) is 6.88. The van der Waals surface area contributed by atoms with Gasteiger partial charge in [0.2, 0.25) is 0 Å². The Balaban J connectivity index is 1.36. The highest BCUT2D eigenvalue weighted by Gasteiger charge is 2.34. The van der Waals surface area contributed by atoms with Gasteiger partial charge in [0.15, 0.2) is 0 Å². The number of fused-ring (bicyclic) bond motifs is 1. The Kier molecular flexibility index (Phi) is 3.57. The smallest absolute Gasteiger partial charge is 0.254 e. The Bertz CT molecular complexity index is 1120. The van der Waals surface area contributed by atoms with Crippen LogP contribution in [0, 0.1) is 6.92 Å². The van der Waals surface area contributed by atoms with Crippen molar-refractivity contribution in [2.75, 3.05) is 13.1 Å². The number of likely N-dealkylation sites (tertiary alicyclic amines) is 1. The summed E-state index contributed by atoms with van der Waals surface area (Å²) in [6.07, 6.45) is 3.60. The van der Waals surface area contributed by atoms with E-state index in [9.17, 15) is 4.79 Å². The molecular formula is C21H19N5O. The number of aryl methyl sites for hydroxylation is 1. The van der Waals surface area contributed by atoms with E-state index < -0.39 is 0 Å². The van der Waals surface area contributed by atoms with E-state index in [1.54, 1.807) is 10.9 Å². The minimum absolute atomic E-state index is 0.0577. The summed E-state index contributed by atoms with van der Waals surface area (Å²) in [7, 11) is 0. The molecule has 0 atom stereocenters. The summed E-state index contributed by atoms with van der Waals surface area (Å²) in [5.74, 6) is 1.05. The predicted molar refractivity (Wildman–Crippen MR) is 103 cm³/mol. The molecule has 0 radical (unpaired) electrons. The van der Waals surface area contributed by atoms with Gasteiger partial charge in [0.05, 0.1) is 22.8 Å². The molecule has 1 amide bonds. The van der Waals surface area contributed by atoms with Crippen LogP contribution in [0.2, 0.25) is 0 Å². The molecule has 4 aromatic rings. The maximum absolute atomic E-state index is 12.9. The number of para-hydroxylation sites is 2. The molecule has 0 bridgehead atoms. The molecule has 1 fully saturated rings. The van der Waals surface area contributed by atoms with Crippen molar-refractivity contribution in [2.24, 2.45) is 0 Å². The van der Waals surface area contributed by atoms with E-state index in [4.69, 9.17) is 0 Å². The number of amides is 1. The van der Waals surface area contributed by atoms with E-state index in [1.165, 1.54) is 0 Å². The van der Waals surface area contributed by atoms with Gasteiger partial charge in [-0.2, -0.15) is 5.10 Å². The molecule has 6 nitrogen and oxygen atoms in total. The Morgan fingerprint density at radius 3 is 2.74 bits per heavy atom. The Hall–Kier alpha value is -3.41. The maximum Gasteiger partial charge on any atom is 0.254 e. The van der Waals surface area contributed by atoms with Crippen molar-refractivity contribution in [3.8, 4) is 5.69 Å². The third-order valence-electron chi connectivity index (χ3n) is 5.15. The predicted octanol–water partition coefficient (Wildman–Crippen LogP) is 3.23. The highest BCUT2D eigenvalue weighted by atomic mass is 16.2. The summed E-state index contributed by atoms with van der Waals surface area (Å²) < 4.78 is 4.01. The summed E-state index contributed by atoms with van der Waals surface area (Å²) >= 11 is 0. The Morgan fingerprint density at radius 2 is 1.93 bits per heavy atom. The average Bonchev–Trinajstić information content (AvgIpc) is 3.29. The van der Waals surface area contributed by atoms with Crippen LogP contribution in [-0.2, 0) is 0 Å². The summed E-state index contributed by atoms with van der Waals surface area (Å²) in [4.78, 5) is 19.4. The monoisotopic (exact) mass is 357 g/mol. The molecule has 1 aliphatic heterocycles. The molecule has 134 valence electrons. The molecule has 3 heterocycles. The third-order valence-corrected chi connectivity index (χ3v) is 5.15. The summed E-state index contributed by atoms with van der Waals surface area (Å²) in [6, 6.07) is 17.9. The van der Waals surface area contributed by atoms with Crippen LogP contribution in [-0.4, -0.2) is 43.2 Å². The number of hydrogen-bond donors (Lipinski definition) is 0. The summed E-state index contributed by atoms with van der Waals surface area (Å²) in [5, 5.41) is 4.23. The molecule has 0 unspecified atom stereocenters. The average molecular weight is 357 g/mol. The van der Waals surface area contributed by atoms with E-state index in [-0.39, 0.29) is 11.9 Å². The van der Waals surface area contributed by atoms with Gasteiger partial charge in [-0.3, -0.25) is 4.79 Å². The van der Waals surface area contributed by atoms with Crippen LogP contribution in [0.1, 0.15) is 22.2 Å². The molecule has 27 heavy (non-hydrogen) atoms. The zero-order valence-electron chi connectivity index (χ0n) is 15.0. The van der Waals surface area contributed by atoms with Crippen LogP contribution in [0.25, 0.3) is 16.7 Å². The topological polar surface area (TPSA) is 56.0 Å². The summed E-state index contributed by atoms with van der Waals surface area (Å²) in [6.45, 7) is 3.43. The molecule has 0 saturated carbocycles. The van der Waals surface area contributed by atoms with Gasteiger partial charge in [0.25, 0.3) is 5.91 Å². The van der Waals surface area contributed by atoms with Crippen molar-refractivity contribution < 1.29 is 4.79 Å². The zero-order chi connectivity index (χ0) is 18.4. The van der Waals surface area contributed by atoms with Crippen LogP contribution in [0.5, 0.6) is 0 Å². The number of benzene rings is 2. The second-order valence-corrected chi connectivity index (χ2v) is 6.88. The van der Waals surface area contributed by atoms with E-state index in [1.807, 2.05) is 66.6 Å². The van der Waals surface area contributed by atoms with Crippen molar-refractivity contribution in [3.05, 3.63) is 78.4 Å². The first-order valence-electron chi connectivity index (χ1n) is 9.03. The van der Waals surface area contributed by atoms with Gasteiger partial charge in [0, 0.05) is 31.0 Å². The molecule has 1 saturated heterocycles. The molecule has 2 aromatic heterocycles. The van der Waals surface area contributed by atoms with Crippen LogP contribution < -0.4 is 0 Å². The highest BCUT2D eigenvalue weighted by Crippen LogP contribution is 2.29. The van der Waals surface area contributed by atoms with Gasteiger partial charge in [-0.15, -0.1) is 0 Å². The fourth-order valence-electron chi connectivity index (χ4n) is 3.80. The Labute approximate surface area is 156 Å². The van der Waals surface area contributed by atoms with Gasteiger partial charge < -0.3 is 9.47 Å². The number of carbonyl (C=O) groups excluding carboxylic acids is 1. The first-order valence-corrected chi connectivity index (χ1v) is 9.03. The number of imidazole rings is 1. The largest absolute Gasteiger partial charge is 0.334 e. The van der Waals surface area contributed by atoms with Crippen molar-refractivity contribution in [3.63, 3.8) is 0 Å². The minimum atomic E-state index is 0.0577. The van der Waals surface area contributed by atoms with Gasteiger partial charge in [-0.1, -0.05) is 18.2 Å². The number of hydrogen-bond acceptors (Lipinski definition) is 3. The molecule has 5 rings (SSSR count). The fourth-order valence-corrected chi connectivity index (χ4v) is 3.80. The van der Waals surface area contributed by atoms with Gasteiger partial charge in [-0.05, 0) is 43.3 Å². The first kappa shape index (κ1) is 15.8. The molecular weight excluding hydrogens is 338 g/mol. The number of aromatic nitrogens is 4. The molecule has 0 N–H and O–H groups in total. The normalized spacial score (nSPS) is 14.5. The van der Waals surface area contributed by atoms with Crippen molar-refractivity contribution in [1.82, 2.24) is 24.2 Å². The van der Waals surface area contributed by atoms with Gasteiger partial charge in [0.1, 0.15) is 5.82 Å². The number of nitrogens with zero attached hydrogens (tertiary/aromatic N) is 5.